The number of alkyl halides is 2. The number of ether oxygens (including phenoxy) is 3. The monoisotopic (exact) mass is 559 g/mol. The van der Waals surface area contributed by atoms with Crippen molar-refractivity contribution in [1.82, 2.24) is 4.90 Å². The van der Waals surface area contributed by atoms with E-state index in [4.69, 9.17) is 25.8 Å². The van der Waals surface area contributed by atoms with Gasteiger partial charge in [0.2, 0.25) is 0 Å². The Balaban J connectivity index is 0.00000241. The highest BCUT2D eigenvalue weighted by atomic mass is 35.5. The first kappa shape index (κ1) is 30.7. The number of likely N-dealkylation sites (tertiary alicyclic amines) is 1. The van der Waals surface area contributed by atoms with Crippen LogP contribution in [0.3, 0.4) is 0 Å². The lowest BCUT2D eigenvalue weighted by Gasteiger charge is -2.32. The summed E-state index contributed by atoms with van der Waals surface area (Å²) in [5.74, 6) is 0.547. The van der Waals surface area contributed by atoms with Crippen LogP contribution in [0.5, 0.6) is 17.2 Å². The fraction of sp³-hybridized carbons (Fsp3) is 0.444. The summed E-state index contributed by atoms with van der Waals surface area (Å²) in [6.07, 6.45) is 2.55. The van der Waals surface area contributed by atoms with Gasteiger partial charge < -0.3 is 19.3 Å². The number of benzene rings is 2. The molecule has 6 nitrogen and oxygen atoms in total. The molecule has 0 saturated carbocycles. The summed E-state index contributed by atoms with van der Waals surface area (Å²) in [5.41, 5.74) is 2.84. The molecule has 2 aromatic carbocycles. The van der Waals surface area contributed by atoms with E-state index >= 15 is 0 Å². The Morgan fingerprint density at radius 1 is 1.22 bits per heavy atom. The SMILES string of the molecule is C.Cl.O=C(O)[C@@H]1CCCN(CC2=Cc3ccc(OCc4ccc(OC(CF)CF)c(Cl)c4)cc3OC2)C1. The Kier molecular flexibility index (Phi) is 11.9. The molecule has 2 aliphatic heterocycles. The summed E-state index contributed by atoms with van der Waals surface area (Å²) in [6.45, 7) is 0.978. The Morgan fingerprint density at radius 2 is 2.00 bits per heavy atom. The first-order chi connectivity index (χ1) is 16.9. The summed E-state index contributed by atoms with van der Waals surface area (Å²) >= 11 is 6.19. The van der Waals surface area contributed by atoms with Crippen molar-refractivity contribution in [2.24, 2.45) is 5.92 Å². The molecule has 0 amide bonds. The number of hydrogen-bond donors (Lipinski definition) is 1. The number of halogens is 4. The van der Waals surface area contributed by atoms with Crippen molar-refractivity contribution < 1.29 is 32.9 Å². The number of aliphatic carboxylic acids is 1. The molecule has 0 spiro atoms. The van der Waals surface area contributed by atoms with E-state index < -0.39 is 25.4 Å². The smallest absolute Gasteiger partial charge is 0.307 e. The predicted octanol–water partition coefficient (Wildman–Crippen LogP) is 6.24. The summed E-state index contributed by atoms with van der Waals surface area (Å²) in [6, 6.07) is 10.6. The number of carboxylic acid groups (broad SMARTS) is 1. The van der Waals surface area contributed by atoms with E-state index in [2.05, 4.69) is 11.0 Å². The summed E-state index contributed by atoms with van der Waals surface area (Å²) in [5, 5.41) is 9.55. The molecule has 1 saturated heterocycles. The van der Waals surface area contributed by atoms with Crippen LogP contribution >= 0.6 is 24.0 Å². The van der Waals surface area contributed by atoms with Gasteiger partial charge in [-0.2, -0.15) is 0 Å². The Labute approximate surface area is 227 Å². The summed E-state index contributed by atoms with van der Waals surface area (Å²) < 4.78 is 42.4. The minimum atomic E-state index is -1.17. The molecular formula is C27H33Cl2F2NO5. The maximum absolute atomic E-state index is 12.7. The lowest BCUT2D eigenvalue weighted by molar-refractivity contribution is -0.143. The molecule has 1 fully saturated rings. The van der Waals surface area contributed by atoms with Crippen LogP contribution in [-0.4, -0.2) is 61.7 Å². The van der Waals surface area contributed by atoms with E-state index in [-0.39, 0.29) is 43.1 Å². The van der Waals surface area contributed by atoms with Crippen LogP contribution in [0.15, 0.2) is 42.0 Å². The molecule has 0 unspecified atom stereocenters. The normalized spacial score (nSPS) is 17.0. The zero-order valence-electron chi connectivity index (χ0n) is 19.6. The van der Waals surface area contributed by atoms with E-state index in [0.717, 1.165) is 41.8 Å². The lowest BCUT2D eigenvalue weighted by atomic mass is 9.97. The highest BCUT2D eigenvalue weighted by Crippen LogP contribution is 2.32. The molecule has 1 atom stereocenters. The largest absolute Gasteiger partial charge is 0.489 e. The van der Waals surface area contributed by atoms with Crippen LogP contribution in [0, 0.1) is 5.92 Å². The molecule has 2 heterocycles. The standard InChI is InChI=1S/C26H28ClF2NO5.CH4.ClH/c27-23-9-17(3-6-24(23)35-22(11-28)12-29)15-33-21-5-4-19-8-18(16-34-25(19)10-21)13-30-7-1-2-20(14-30)26(31)32;;/h3-6,8-10,20,22H,1-2,7,11-16H2,(H,31,32);1H4;1H/t20-;;/m1../s1. The van der Waals surface area contributed by atoms with Gasteiger partial charge in [-0.3, -0.25) is 9.69 Å². The topological polar surface area (TPSA) is 68.2 Å². The zero-order valence-corrected chi connectivity index (χ0v) is 21.2. The molecule has 10 heteroatoms. The second-order valence-electron chi connectivity index (χ2n) is 8.81. The van der Waals surface area contributed by atoms with Crippen molar-refractivity contribution in [1.29, 1.82) is 0 Å². The number of nitrogens with zero attached hydrogens (tertiary/aromatic N) is 1. The maximum Gasteiger partial charge on any atom is 0.307 e. The Hall–Kier alpha value is -2.55. The van der Waals surface area contributed by atoms with Crippen LogP contribution in [0.25, 0.3) is 6.08 Å². The van der Waals surface area contributed by atoms with Crippen molar-refractivity contribution >= 4 is 36.1 Å². The minimum Gasteiger partial charge on any atom is -0.489 e. The molecule has 37 heavy (non-hydrogen) atoms. The fourth-order valence-electron chi connectivity index (χ4n) is 4.24. The van der Waals surface area contributed by atoms with Crippen molar-refractivity contribution in [2.45, 2.75) is 33.0 Å². The van der Waals surface area contributed by atoms with Crippen molar-refractivity contribution in [3.05, 3.63) is 58.1 Å². The zero-order chi connectivity index (χ0) is 24.8. The maximum atomic E-state index is 12.7. The average Bonchev–Trinajstić information content (AvgIpc) is 2.87. The number of hydrogen-bond acceptors (Lipinski definition) is 5. The molecule has 0 aromatic heterocycles. The van der Waals surface area contributed by atoms with Gasteiger partial charge in [0, 0.05) is 24.7 Å². The number of carbonyl (C=O) groups is 1. The molecule has 204 valence electrons. The average molecular weight is 560 g/mol. The third-order valence-electron chi connectivity index (χ3n) is 6.08. The molecule has 4 rings (SSSR count). The van der Waals surface area contributed by atoms with Gasteiger partial charge in [-0.1, -0.05) is 25.1 Å². The van der Waals surface area contributed by atoms with Crippen LogP contribution in [0.1, 0.15) is 31.4 Å². The predicted molar refractivity (Wildman–Crippen MR) is 143 cm³/mol. The summed E-state index contributed by atoms with van der Waals surface area (Å²) in [7, 11) is 0. The molecule has 0 radical (unpaired) electrons. The van der Waals surface area contributed by atoms with Gasteiger partial charge in [-0.25, -0.2) is 8.78 Å². The Morgan fingerprint density at radius 3 is 2.70 bits per heavy atom. The summed E-state index contributed by atoms with van der Waals surface area (Å²) in [4.78, 5) is 13.5. The number of piperidine rings is 1. The quantitative estimate of drug-likeness (QED) is 0.372. The molecule has 2 aliphatic rings. The number of rotatable bonds is 10. The minimum absolute atomic E-state index is 0. The molecule has 0 aliphatic carbocycles. The molecule has 2 aromatic rings. The van der Waals surface area contributed by atoms with E-state index in [1.54, 1.807) is 18.2 Å². The van der Waals surface area contributed by atoms with Crippen LogP contribution < -0.4 is 14.2 Å². The Bertz CT molecular complexity index is 1080. The molecule has 0 bridgehead atoms. The van der Waals surface area contributed by atoms with E-state index in [1.165, 1.54) is 0 Å². The van der Waals surface area contributed by atoms with E-state index in [0.29, 0.717) is 25.4 Å². The van der Waals surface area contributed by atoms with Gasteiger partial charge in [-0.05, 0) is 60.9 Å². The fourth-order valence-corrected chi connectivity index (χ4v) is 4.49. The second kappa shape index (κ2) is 14.4. The van der Waals surface area contributed by atoms with Gasteiger partial charge in [-0.15, -0.1) is 12.4 Å². The van der Waals surface area contributed by atoms with Gasteiger partial charge >= 0.3 is 5.97 Å². The van der Waals surface area contributed by atoms with Gasteiger partial charge in [0.25, 0.3) is 0 Å². The first-order valence-corrected chi connectivity index (χ1v) is 11.9. The highest BCUT2D eigenvalue weighted by Gasteiger charge is 2.26. The third kappa shape index (κ3) is 8.22. The van der Waals surface area contributed by atoms with Gasteiger partial charge in [0.15, 0.2) is 6.10 Å². The molecule has 1 N–H and O–H groups in total. The van der Waals surface area contributed by atoms with Gasteiger partial charge in [0.05, 0.1) is 10.9 Å². The number of fused-ring (bicyclic) bond motifs is 1. The van der Waals surface area contributed by atoms with E-state index in [9.17, 15) is 18.7 Å². The van der Waals surface area contributed by atoms with Crippen LogP contribution in [0.4, 0.5) is 8.78 Å². The van der Waals surface area contributed by atoms with E-state index in [1.807, 2.05) is 18.2 Å². The number of carboxylic acids is 1. The third-order valence-corrected chi connectivity index (χ3v) is 6.37. The first-order valence-electron chi connectivity index (χ1n) is 11.6. The van der Waals surface area contributed by atoms with Gasteiger partial charge in [0.1, 0.15) is 43.8 Å². The lowest BCUT2D eigenvalue weighted by Crippen LogP contribution is -2.40. The van der Waals surface area contributed by atoms with Crippen LogP contribution in [-0.2, 0) is 11.4 Å². The van der Waals surface area contributed by atoms with Crippen LogP contribution in [0.2, 0.25) is 5.02 Å². The second-order valence-corrected chi connectivity index (χ2v) is 9.21. The molecular weight excluding hydrogens is 527 g/mol. The van der Waals surface area contributed by atoms with Crippen molar-refractivity contribution in [3.8, 4) is 17.2 Å². The van der Waals surface area contributed by atoms with Crippen molar-refractivity contribution in [3.63, 3.8) is 0 Å². The van der Waals surface area contributed by atoms with Crippen molar-refractivity contribution in [2.75, 3.05) is 39.6 Å². The highest BCUT2D eigenvalue weighted by molar-refractivity contribution is 6.32.